The molecule has 1 fully saturated rings. The van der Waals surface area contributed by atoms with E-state index in [1.807, 2.05) is 6.92 Å². The summed E-state index contributed by atoms with van der Waals surface area (Å²) in [4.78, 5) is 13.1. The van der Waals surface area contributed by atoms with Gasteiger partial charge in [-0.2, -0.15) is 0 Å². The van der Waals surface area contributed by atoms with Gasteiger partial charge in [-0.3, -0.25) is 4.79 Å². The Labute approximate surface area is 78.7 Å². The summed E-state index contributed by atoms with van der Waals surface area (Å²) in [5, 5.41) is 9.00. The zero-order valence-corrected chi connectivity index (χ0v) is 8.07. The molecule has 4 heteroatoms. The number of nitrogens with zero attached hydrogens (tertiary/aromatic N) is 1. The Morgan fingerprint density at radius 2 is 2.31 bits per heavy atom. The minimum atomic E-state index is -0.304. The number of aliphatic hydroxyl groups excluding tert-OH is 1. The van der Waals surface area contributed by atoms with E-state index in [9.17, 15) is 4.79 Å². The summed E-state index contributed by atoms with van der Waals surface area (Å²) in [6, 6.07) is 0. The first-order valence-electron chi connectivity index (χ1n) is 4.83. The maximum Gasteiger partial charge on any atom is 0.223 e. The Kier molecular flexibility index (Phi) is 3.69. The van der Waals surface area contributed by atoms with Crippen LogP contribution >= 0.6 is 0 Å². The second kappa shape index (κ2) is 4.58. The van der Waals surface area contributed by atoms with Crippen LogP contribution in [0.4, 0.5) is 0 Å². The zero-order valence-electron chi connectivity index (χ0n) is 8.07. The molecule has 1 amide bonds. The summed E-state index contributed by atoms with van der Waals surface area (Å²) in [6.07, 6.45) is 1.17. The molecule has 4 nitrogen and oxygen atoms in total. The maximum atomic E-state index is 11.5. The molecule has 0 saturated carbocycles. The topological polar surface area (TPSA) is 66.6 Å². The van der Waals surface area contributed by atoms with Gasteiger partial charge in [0.05, 0.1) is 6.10 Å². The first-order chi connectivity index (χ1) is 6.17. The number of nitrogens with two attached hydrogens (primary N) is 1. The molecule has 0 aromatic carbocycles. The average molecular weight is 186 g/mol. The molecular weight excluding hydrogens is 168 g/mol. The molecule has 0 aromatic heterocycles. The van der Waals surface area contributed by atoms with Crippen LogP contribution in [-0.4, -0.2) is 41.7 Å². The highest BCUT2D eigenvalue weighted by atomic mass is 16.3. The lowest BCUT2D eigenvalue weighted by Gasteiger charge is -2.36. The van der Waals surface area contributed by atoms with Crippen molar-refractivity contribution in [3.8, 4) is 0 Å². The van der Waals surface area contributed by atoms with E-state index in [1.165, 1.54) is 0 Å². The largest absolute Gasteiger partial charge is 0.389 e. The van der Waals surface area contributed by atoms with Crippen LogP contribution < -0.4 is 5.73 Å². The van der Waals surface area contributed by atoms with E-state index >= 15 is 0 Å². The average Bonchev–Trinajstić information content (AvgIpc) is 2.08. The molecule has 0 spiro atoms. The van der Waals surface area contributed by atoms with Crippen molar-refractivity contribution >= 4 is 5.91 Å². The highest BCUT2D eigenvalue weighted by molar-refractivity contribution is 5.77. The number of β-amino-alcohol motifs (C(OH)–C–C–N with tert-alkyl or cyclic N) is 1. The standard InChI is InChI=1S/C9H18N2O2/c1-2-7(4-10)3-9(13)11-5-8(12)6-11/h7-8,12H,2-6,10H2,1H3. The number of rotatable bonds is 4. The minimum absolute atomic E-state index is 0.127. The molecule has 0 radical (unpaired) electrons. The highest BCUT2D eigenvalue weighted by Gasteiger charge is 2.29. The first kappa shape index (κ1) is 10.5. The first-order valence-corrected chi connectivity index (χ1v) is 4.83. The van der Waals surface area contributed by atoms with Gasteiger partial charge in [0.2, 0.25) is 5.91 Å². The Hall–Kier alpha value is -0.610. The van der Waals surface area contributed by atoms with E-state index in [2.05, 4.69) is 0 Å². The van der Waals surface area contributed by atoms with Gasteiger partial charge in [0, 0.05) is 19.5 Å². The molecule has 1 saturated heterocycles. The van der Waals surface area contributed by atoms with Crippen molar-refractivity contribution in [2.75, 3.05) is 19.6 Å². The van der Waals surface area contributed by atoms with Crippen molar-refractivity contribution in [2.45, 2.75) is 25.9 Å². The van der Waals surface area contributed by atoms with Crippen LogP contribution in [0.5, 0.6) is 0 Å². The third-order valence-electron chi connectivity index (χ3n) is 2.59. The van der Waals surface area contributed by atoms with E-state index in [0.29, 0.717) is 32.0 Å². The van der Waals surface area contributed by atoms with Gasteiger partial charge in [0.1, 0.15) is 0 Å². The fourth-order valence-corrected chi connectivity index (χ4v) is 1.43. The predicted molar refractivity (Wildman–Crippen MR) is 50.0 cm³/mol. The maximum absolute atomic E-state index is 11.5. The van der Waals surface area contributed by atoms with Gasteiger partial charge in [-0.15, -0.1) is 0 Å². The number of aliphatic hydroxyl groups is 1. The van der Waals surface area contributed by atoms with Gasteiger partial charge >= 0.3 is 0 Å². The Morgan fingerprint density at radius 3 is 2.69 bits per heavy atom. The van der Waals surface area contributed by atoms with Crippen molar-refractivity contribution in [1.29, 1.82) is 0 Å². The summed E-state index contributed by atoms with van der Waals surface area (Å²) in [7, 11) is 0. The number of hydrogen-bond acceptors (Lipinski definition) is 3. The van der Waals surface area contributed by atoms with E-state index in [1.54, 1.807) is 4.90 Å². The van der Waals surface area contributed by atoms with Crippen LogP contribution in [0, 0.1) is 5.92 Å². The quantitative estimate of drug-likeness (QED) is 0.625. The van der Waals surface area contributed by atoms with Crippen molar-refractivity contribution in [2.24, 2.45) is 11.7 Å². The molecule has 76 valence electrons. The second-order valence-electron chi connectivity index (χ2n) is 3.67. The lowest BCUT2D eigenvalue weighted by molar-refractivity contribution is -0.142. The molecule has 0 bridgehead atoms. The van der Waals surface area contributed by atoms with E-state index in [-0.39, 0.29) is 12.0 Å². The van der Waals surface area contributed by atoms with Crippen molar-refractivity contribution < 1.29 is 9.90 Å². The van der Waals surface area contributed by atoms with Crippen LogP contribution in [0.1, 0.15) is 19.8 Å². The van der Waals surface area contributed by atoms with Crippen LogP contribution in [0.2, 0.25) is 0 Å². The third kappa shape index (κ3) is 2.67. The molecule has 13 heavy (non-hydrogen) atoms. The van der Waals surface area contributed by atoms with Gasteiger partial charge in [-0.1, -0.05) is 13.3 Å². The lowest BCUT2D eigenvalue weighted by Crippen LogP contribution is -2.53. The predicted octanol–water partition coefficient (Wildman–Crippen LogP) is -0.435. The van der Waals surface area contributed by atoms with Gasteiger partial charge < -0.3 is 15.7 Å². The van der Waals surface area contributed by atoms with Crippen LogP contribution in [-0.2, 0) is 4.79 Å². The number of hydrogen-bond donors (Lipinski definition) is 2. The fraction of sp³-hybridized carbons (Fsp3) is 0.889. The van der Waals surface area contributed by atoms with Gasteiger partial charge in [-0.25, -0.2) is 0 Å². The Balaban J connectivity index is 2.24. The molecule has 1 atom stereocenters. The Morgan fingerprint density at radius 1 is 1.69 bits per heavy atom. The molecule has 1 aliphatic heterocycles. The molecule has 1 aliphatic rings. The lowest BCUT2D eigenvalue weighted by atomic mass is 10.0. The SMILES string of the molecule is CCC(CN)CC(=O)N1CC(O)C1. The van der Waals surface area contributed by atoms with Crippen molar-refractivity contribution in [3.63, 3.8) is 0 Å². The summed E-state index contributed by atoms with van der Waals surface area (Å²) < 4.78 is 0. The number of amides is 1. The monoisotopic (exact) mass is 186 g/mol. The van der Waals surface area contributed by atoms with Crippen molar-refractivity contribution in [1.82, 2.24) is 4.90 Å². The molecule has 0 aliphatic carbocycles. The van der Waals surface area contributed by atoms with Crippen LogP contribution in [0.15, 0.2) is 0 Å². The second-order valence-corrected chi connectivity index (χ2v) is 3.67. The van der Waals surface area contributed by atoms with Crippen LogP contribution in [0.25, 0.3) is 0 Å². The van der Waals surface area contributed by atoms with Crippen molar-refractivity contribution in [3.05, 3.63) is 0 Å². The van der Waals surface area contributed by atoms with E-state index < -0.39 is 0 Å². The smallest absolute Gasteiger partial charge is 0.223 e. The summed E-state index contributed by atoms with van der Waals surface area (Å²) in [5.41, 5.74) is 5.50. The molecule has 1 unspecified atom stereocenters. The third-order valence-corrected chi connectivity index (χ3v) is 2.59. The van der Waals surface area contributed by atoms with E-state index in [4.69, 9.17) is 10.8 Å². The minimum Gasteiger partial charge on any atom is -0.389 e. The van der Waals surface area contributed by atoms with Gasteiger partial charge in [0.15, 0.2) is 0 Å². The molecule has 1 heterocycles. The molecule has 0 aromatic rings. The van der Waals surface area contributed by atoms with Crippen LogP contribution in [0.3, 0.4) is 0 Å². The van der Waals surface area contributed by atoms with Gasteiger partial charge in [0.25, 0.3) is 0 Å². The number of carbonyl (C=O) groups is 1. The molecular formula is C9H18N2O2. The summed E-state index contributed by atoms with van der Waals surface area (Å²) in [6.45, 7) is 3.61. The summed E-state index contributed by atoms with van der Waals surface area (Å²) >= 11 is 0. The molecule has 3 N–H and O–H groups in total. The zero-order chi connectivity index (χ0) is 9.84. The Bertz CT molecular complexity index is 174. The summed E-state index contributed by atoms with van der Waals surface area (Å²) in [5.74, 6) is 0.424. The number of carbonyl (C=O) groups excluding carboxylic acids is 1. The highest BCUT2D eigenvalue weighted by Crippen LogP contribution is 2.14. The fourth-order valence-electron chi connectivity index (χ4n) is 1.43. The van der Waals surface area contributed by atoms with E-state index in [0.717, 1.165) is 6.42 Å². The molecule has 1 rings (SSSR count). The van der Waals surface area contributed by atoms with Gasteiger partial charge in [-0.05, 0) is 12.5 Å². The normalized spacial score (nSPS) is 19.8. The number of likely N-dealkylation sites (tertiary alicyclic amines) is 1.